The summed E-state index contributed by atoms with van der Waals surface area (Å²) in [5, 5.41) is 12.2. The highest BCUT2D eigenvalue weighted by Gasteiger charge is 2.23. The number of likely N-dealkylation sites (tertiary alicyclic amines) is 1. The maximum Gasteiger partial charge on any atom is 0.169 e. The average Bonchev–Trinajstić information content (AvgIpc) is 2.41. The van der Waals surface area contributed by atoms with Crippen LogP contribution in [-0.4, -0.2) is 36.0 Å². The van der Waals surface area contributed by atoms with E-state index in [9.17, 15) is 4.39 Å². The Balaban J connectivity index is 2.06. The lowest BCUT2D eigenvalue weighted by Crippen LogP contribution is -2.39. The minimum atomic E-state index is -0.292. The van der Waals surface area contributed by atoms with Gasteiger partial charge in [-0.15, -0.1) is 0 Å². The van der Waals surface area contributed by atoms with Gasteiger partial charge in [-0.25, -0.2) is 4.39 Å². The fourth-order valence-electron chi connectivity index (χ4n) is 2.47. The number of nitrogens with zero attached hydrogens (tertiary/aromatic N) is 2. The Morgan fingerprint density at radius 2 is 2.32 bits per heavy atom. The molecule has 1 aliphatic heterocycles. The van der Waals surface area contributed by atoms with Crippen LogP contribution >= 0.6 is 0 Å². The number of rotatable bonds is 3. The molecule has 19 heavy (non-hydrogen) atoms. The first-order valence-corrected chi connectivity index (χ1v) is 6.40. The molecule has 0 radical (unpaired) electrons. The van der Waals surface area contributed by atoms with E-state index in [1.54, 1.807) is 18.2 Å². The van der Waals surface area contributed by atoms with Gasteiger partial charge < -0.3 is 9.94 Å². The maximum atomic E-state index is 14.1. The molecule has 5 heteroatoms. The van der Waals surface area contributed by atoms with Gasteiger partial charge in [0.15, 0.2) is 11.6 Å². The molecule has 0 amide bonds. The predicted octanol–water partition coefficient (Wildman–Crippen LogP) is 2.51. The zero-order valence-electron chi connectivity index (χ0n) is 11.3. The van der Waals surface area contributed by atoms with Gasteiger partial charge in [-0.3, -0.25) is 4.90 Å². The molecule has 0 spiro atoms. The van der Waals surface area contributed by atoms with Crippen LogP contribution in [0.15, 0.2) is 23.4 Å². The van der Waals surface area contributed by atoms with E-state index in [2.05, 4.69) is 10.1 Å². The molecule has 1 aliphatic rings. The number of hydrogen-bond acceptors (Lipinski definition) is 4. The second-order valence-electron chi connectivity index (χ2n) is 4.91. The summed E-state index contributed by atoms with van der Waals surface area (Å²) in [5.41, 5.74) is 1.46. The molecule has 0 aliphatic carbocycles. The van der Waals surface area contributed by atoms with Crippen molar-refractivity contribution in [1.29, 1.82) is 0 Å². The highest BCUT2D eigenvalue weighted by atomic mass is 19.1. The molecular weight excluding hydrogens is 247 g/mol. The quantitative estimate of drug-likeness (QED) is 0.675. The Bertz CT molecular complexity index is 477. The van der Waals surface area contributed by atoms with Gasteiger partial charge in [0.2, 0.25) is 0 Å². The van der Waals surface area contributed by atoms with Crippen molar-refractivity contribution in [3.63, 3.8) is 0 Å². The van der Waals surface area contributed by atoms with Crippen LogP contribution in [0.25, 0.3) is 0 Å². The van der Waals surface area contributed by atoms with Crippen LogP contribution in [0.1, 0.15) is 18.9 Å². The van der Waals surface area contributed by atoms with E-state index in [4.69, 9.17) is 9.94 Å². The third-order valence-corrected chi connectivity index (χ3v) is 3.57. The van der Waals surface area contributed by atoms with Crippen molar-refractivity contribution in [2.24, 2.45) is 11.1 Å². The minimum Gasteiger partial charge on any atom is -0.494 e. The summed E-state index contributed by atoms with van der Waals surface area (Å²) in [7, 11) is 1.47. The zero-order valence-corrected chi connectivity index (χ0v) is 11.3. The van der Waals surface area contributed by atoms with Crippen molar-refractivity contribution >= 4 is 5.71 Å². The van der Waals surface area contributed by atoms with E-state index >= 15 is 0 Å². The van der Waals surface area contributed by atoms with Gasteiger partial charge in [0.25, 0.3) is 0 Å². The van der Waals surface area contributed by atoms with Crippen molar-refractivity contribution in [3.05, 3.63) is 29.6 Å². The molecule has 0 saturated carbocycles. The SMILES string of the molecule is COc1cccc(CN2CC/C(=N/O)C(C)C2)c1F. The third kappa shape index (κ3) is 3.04. The van der Waals surface area contributed by atoms with Gasteiger partial charge in [0.05, 0.1) is 12.8 Å². The Kier molecular flexibility index (Phi) is 4.37. The molecule has 1 unspecified atom stereocenters. The van der Waals surface area contributed by atoms with E-state index in [1.807, 2.05) is 6.92 Å². The molecule has 1 aromatic carbocycles. The van der Waals surface area contributed by atoms with Gasteiger partial charge in [0, 0.05) is 37.5 Å². The van der Waals surface area contributed by atoms with Gasteiger partial charge in [0.1, 0.15) is 0 Å². The minimum absolute atomic E-state index is 0.201. The first-order valence-electron chi connectivity index (χ1n) is 6.40. The van der Waals surface area contributed by atoms with Crippen molar-refractivity contribution in [1.82, 2.24) is 4.90 Å². The van der Waals surface area contributed by atoms with E-state index in [0.29, 0.717) is 12.1 Å². The summed E-state index contributed by atoms with van der Waals surface area (Å²) in [5.74, 6) is 0.187. The molecule has 0 bridgehead atoms. The number of benzene rings is 1. The summed E-state index contributed by atoms with van der Waals surface area (Å²) in [6, 6.07) is 5.19. The lowest BCUT2D eigenvalue weighted by molar-refractivity contribution is 0.225. The van der Waals surface area contributed by atoms with Crippen molar-refractivity contribution in [2.75, 3.05) is 20.2 Å². The van der Waals surface area contributed by atoms with E-state index in [0.717, 1.165) is 25.2 Å². The molecule has 1 aromatic rings. The molecule has 2 rings (SSSR count). The van der Waals surface area contributed by atoms with Crippen LogP contribution in [0.2, 0.25) is 0 Å². The number of piperidine rings is 1. The van der Waals surface area contributed by atoms with Crippen LogP contribution in [0.3, 0.4) is 0 Å². The van der Waals surface area contributed by atoms with Crippen LogP contribution in [0.4, 0.5) is 4.39 Å². The summed E-state index contributed by atoms with van der Waals surface area (Å²) in [4.78, 5) is 2.16. The van der Waals surface area contributed by atoms with Gasteiger partial charge >= 0.3 is 0 Å². The number of ether oxygens (including phenoxy) is 1. The summed E-state index contributed by atoms with van der Waals surface area (Å²) in [6.45, 7) is 4.12. The second kappa shape index (κ2) is 6.02. The number of halogens is 1. The number of oxime groups is 1. The Morgan fingerprint density at radius 3 is 2.95 bits per heavy atom. The molecule has 1 atom stereocenters. The van der Waals surface area contributed by atoms with Crippen LogP contribution < -0.4 is 4.74 Å². The number of hydrogen-bond donors (Lipinski definition) is 1. The Labute approximate surface area is 112 Å². The number of methoxy groups -OCH3 is 1. The standard InChI is InChI=1S/C14H19FN2O2/c1-10-8-17(7-6-12(10)16-18)9-11-4-3-5-13(19-2)14(11)15/h3-5,10,18H,6-9H2,1-2H3/b16-12-. The maximum absolute atomic E-state index is 14.1. The monoisotopic (exact) mass is 266 g/mol. The second-order valence-corrected chi connectivity index (χ2v) is 4.91. The van der Waals surface area contributed by atoms with Crippen LogP contribution in [0.5, 0.6) is 5.75 Å². The fourth-order valence-corrected chi connectivity index (χ4v) is 2.47. The highest BCUT2D eigenvalue weighted by molar-refractivity contribution is 5.86. The first kappa shape index (κ1) is 13.8. The lowest BCUT2D eigenvalue weighted by atomic mass is 9.97. The molecule has 0 aromatic heterocycles. The van der Waals surface area contributed by atoms with E-state index in [-0.39, 0.29) is 17.5 Å². The van der Waals surface area contributed by atoms with Crippen LogP contribution in [-0.2, 0) is 6.54 Å². The molecule has 4 nitrogen and oxygen atoms in total. The Hall–Kier alpha value is -1.62. The summed E-state index contributed by atoms with van der Waals surface area (Å²) in [6.07, 6.45) is 0.725. The van der Waals surface area contributed by atoms with E-state index < -0.39 is 0 Å². The summed E-state index contributed by atoms with van der Waals surface area (Å²) < 4.78 is 19.0. The molecule has 1 fully saturated rings. The zero-order chi connectivity index (χ0) is 13.8. The van der Waals surface area contributed by atoms with Gasteiger partial charge in [-0.1, -0.05) is 24.2 Å². The lowest BCUT2D eigenvalue weighted by Gasteiger charge is -2.31. The van der Waals surface area contributed by atoms with Crippen molar-refractivity contribution in [3.8, 4) is 5.75 Å². The molecule has 1 heterocycles. The third-order valence-electron chi connectivity index (χ3n) is 3.57. The van der Waals surface area contributed by atoms with Gasteiger partial charge in [-0.2, -0.15) is 0 Å². The normalized spacial score (nSPS) is 22.7. The highest BCUT2D eigenvalue weighted by Crippen LogP contribution is 2.23. The van der Waals surface area contributed by atoms with Crippen molar-refractivity contribution < 1.29 is 14.3 Å². The molecular formula is C14H19FN2O2. The largest absolute Gasteiger partial charge is 0.494 e. The predicted molar refractivity (Wildman–Crippen MR) is 71.2 cm³/mol. The smallest absolute Gasteiger partial charge is 0.169 e. The van der Waals surface area contributed by atoms with Crippen LogP contribution in [0, 0.1) is 11.7 Å². The molecule has 1 saturated heterocycles. The Morgan fingerprint density at radius 1 is 1.53 bits per heavy atom. The van der Waals surface area contributed by atoms with E-state index in [1.165, 1.54) is 7.11 Å². The molecule has 1 N–H and O–H groups in total. The van der Waals surface area contributed by atoms with Gasteiger partial charge in [-0.05, 0) is 6.07 Å². The van der Waals surface area contributed by atoms with Crippen molar-refractivity contribution in [2.45, 2.75) is 19.9 Å². The first-order chi connectivity index (χ1) is 9.15. The summed E-state index contributed by atoms with van der Waals surface area (Å²) >= 11 is 0. The molecule has 104 valence electrons. The topological polar surface area (TPSA) is 45.1 Å². The fraction of sp³-hybridized carbons (Fsp3) is 0.500. The average molecular weight is 266 g/mol.